The van der Waals surface area contributed by atoms with Crippen molar-refractivity contribution in [3.63, 3.8) is 0 Å². The highest BCUT2D eigenvalue weighted by Gasteiger charge is 2.54. The van der Waals surface area contributed by atoms with Crippen LogP contribution in [0, 0.1) is 23.2 Å². The number of benzene rings is 1. The first-order valence-corrected chi connectivity index (χ1v) is 10.6. The maximum Gasteiger partial charge on any atom is 0.262 e. The van der Waals surface area contributed by atoms with E-state index >= 15 is 0 Å². The molecule has 2 N–H and O–H groups in total. The molecular weight excluding hydrogens is 358 g/mol. The monoisotopic (exact) mass is 381 g/mol. The summed E-state index contributed by atoms with van der Waals surface area (Å²) in [4.78, 5) is 29.4. The molecule has 0 atom stereocenters. The summed E-state index contributed by atoms with van der Waals surface area (Å²) in [5.74, 6) is 1.79. The first kappa shape index (κ1) is 16.9. The van der Waals surface area contributed by atoms with E-state index in [0.29, 0.717) is 17.8 Å². The van der Waals surface area contributed by atoms with Crippen LogP contribution < -0.4 is 10.9 Å². The van der Waals surface area contributed by atoms with Crippen LogP contribution in [0.2, 0.25) is 0 Å². The summed E-state index contributed by atoms with van der Waals surface area (Å²) in [6, 6.07) is 7.88. The third kappa shape index (κ3) is 3.16. The van der Waals surface area contributed by atoms with Crippen molar-refractivity contribution >= 4 is 39.4 Å². The minimum atomic E-state index is -0.327. The lowest BCUT2D eigenvalue weighted by Crippen LogP contribution is -2.56. The maximum atomic E-state index is 12.8. The normalized spacial score (nSPS) is 31.5. The Kier molecular flexibility index (Phi) is 4.04. The second-order valence-electron chi connectivity index (χ2n) is 8.49. The van der Waals surface area contributed by atoms with Gasteiger partial charge in [0, 0.05) is 6.08 Å². The lowest BCUT2D eigenvalue weighted by atomic mass is 9.49. The number of carbonyl (C=O) groups is 2. The fraction of sp³-hybridized carbons (Fsp3) is 0.476. The van der Waals surface area contributed by atoms with Crippen LogP contribution in [-0.2, 0) is 9.59 Å². The van der Waals surface area contributed by atoms with Crippen LogP contribution in [0.4, 0.5) is 0 Å². The Bertz CT molecular complexity index is 864. The van der Waals surface area contributed by atoms with E-state index in [1.165, 1.54) is 36.7 Å². The molecule has 2 amide bonds. The van der Waals surface area contributed by atoms with Gasteiger partial charge in [0.15, 0.2) is 0 Å². The number of thiazole rings is 1. The molecule has 0 spiro atoms. The Morgan fingerprint density at radius 3 is 2.37 bits per heavy atom. The van der Waals surface area contributed by atoms with E-state index in [4.69, 9.17) is 0 Å². The zero-order valence-corrected chi connectivity index (χ0v) is 15.9. The SMILES string of the molecule is O=C(C=Cc1nc2ccccc2s1)NNC(=O)C12CC3CC(CC(C3)C1)C2. The van der Waals surface area contributed by atoms with Crippen LogP contribution >= 0.6 is 11.3 Å². The molecule has 0 aliphatic heterocycles. The van der Waals surface area contributed by atoms with Crippen molar-refractivity contribution < 1.29 is 9.59 Å². The van der Waals surface area contributed by atoms with Crippen LogP contribution in [0.25, 0.3) is 16.3 Å². The molecule has 1 aromatic heterocycles. The van der Waals surface area contributed by atoms with Gasteiger partial charge in [0.2, 0.25) is 5.91 Å². The van der Waals surface area contributed by atoms with Crippen molar-refractivity contribution in [1.82, 2.24) is 15.8 Å². The molecule has 6 rings (SSSR count). The van der Waals surface area contributed by atoms with Gasteiger partial charge in [0.25, 0.3) is 5.91 Å². The Morgan fingerprint density at radius 1 is 1.04 bits per heavy atom. The van der Waals surface area contributed by atoms with Gasteiger partial charge < -0.3 is 0 Å². The Hall–Kier alpha value is -2.21. The molecule has 4 bridgehead atoms. The fourth-order valence-electron chi connectivity index (χ4n) is 5.79. The summed E-state index contributed by atoms with van der Waals surface area (Å²) in [6.07, 6.45) is 9.97. The number of hydrazine groups is 1. The number of rotatable bonds is 3. The van der Waals surface area contributed by atoms with Gasteiger partial charge in [0.1, 0.15) is 5.01 Å². The molecule has 5 nitrogen and oxygen atoms in total. The Labute approximate surface area is 162 Å². The predicted octanol–water partition coefficient (Wildman–Crippen LogP) is 3.67. The van der Waals surface area contributed by atoms with Crippen LogP contribution in [-0.4, -0.2) is 16.8 Å². The lowest BCUT2D eigenvalue weighted by molar-refractivity contribution is -0.148. The van der Waals surface area contributed by atoms with Crippen LogP contribution in [0.15, 0.2) is 30.3 Å². The van der Waals surface area contributed by atoms with Gasteiger partial charge in [-0.05, 0) is 74.5 Å². The zero-order chi connectivity index (χ0) is 18.4. The molecule has 0 unspecified atom stereocenters. The fourth-order valence-corrected chi connectivity index (χ4v) is 6.66. The van der Waals surface area contributed by atoms with Gasteiger partial charge in [-0.3, -0.25) is 20.4 Å². The molecule has 0 saturated heterocycles. The van der Waals surface area contributed by atoms with E-state index in [0.717, 1.165) is 34.5 Å². The molecule has 1 heterocycles. The quantitative estimate of drug-likeness (QED) is 0.629. The van der Waals surface area contributed by atoms with Gasteiger partial charge in [-0.15, -0.1) is 11.3 Å². The molecule has 6 heteroatoms. The molecule has 2 aromatic rings. The largest absolute Gasteiger partial charge is 0.273 e. The van der Waals surface area contributed by atoms with E-state index in [-0.39, 0.29) is 17.2 Å². The number of nitrogens with zero attached hydrogens (tertiary/aromatic N) is 1. The molecule has 0 radical (unpaired) electrons. The molecule has 4 aliphatic rings. The minimum absolute atomic E-state index is 0.00309. The second kappa shape index (κ2) is 6.44. The highest BCUT2D eigenvalue weighted by molar-refractivity contribution is 7.19. The summed E-state index contributed by atoms with van der Waals surface area (Å²) in [5.41, 5.74) is 5.94. The number of amides is 2. The second-order valence-corrected chi connectivity index (χ2v) is 9.56. The summed E-state index contributed by atoms with van der Waals surface area (Å²) < 4.78 is 1.09. The van der Waals surface area contributed by atoms with E-state index in [1.807, 2.05) is 24.3 Å². The number of hydrogen-bond acceptors (Lipinski definition) is 4. The summed E-state index contributed by atoms with van der Waals surface area (Å²) >= 11 is 1.54. The van der Waals surface area contributed by atoms with Crippen molar-refractivity contribution in [3.8, 4) is 0 Å². The Morgan fingerprint density at radius 2 is 1.70 bits per heavy atom. The molecule has 4 fully saturated rings. The standard InChI is InChI=1S/C21H23N3O2S/c25-18(5-6-19-22-16-3-1-2-4-17(16)27-19)23-24-20(26)21-10-13-7-14(11-21)9-15(8-13)12-21/h1-6,13-15H,7-12H2,(H,23,25)(H,24,26). The number of nitrogens with one attached hydrogen (secondary N) is 2. The smallest absolute Gasteiger partial charge is 0.262 e. The number of aromatic nitrogens is 1. The number of carbonyl (C=O) groups excluding carboxylic acids is 2. The van der Waals surface area contributed by atoms with Gasteiger partial charge in [-0.25, -0.2) is 4.98 Å². The van der Waals surface area contributed by atoms with Crippen molar-refractivity contribution in [2.24, 2.45) is 23.2 Å². The number of fused-ring (bicyclic) bond motifs is 1. The molecule has 4 saturated carbocycles. The van der Waals surface area contributed by atoms with Gasteiger partial charge in [-0.2, -0.15) is 0 Å². The van der Waals surface area contributed by atoms with Crippen LogP contribution in [0.1, 0.15) is 43.5 Å². The number of para-hydroxylation sites is 1. The van der Waals surface area contributed by atoms with Crippen molar-refractivity contribution in [2.75, 3.05) is 0 Å². The van der Waals surface area contributed by atoms with E-state index in [1.54, 1.807) is 6.08 Å². The highest BCUT2D eigenvalue weighted by atomic mass is 32.1. The minimum Gasteiger partial charge on any atom is -0.273 e. The van der Waals surface area contributed by atoms with Crippen LogP contribution in [0.3, 0.4) is 0 Å². The predicted molar refractivity (Wildman–Crippen MR) is 106 cm³/mol. The third-order valence-corrected chi connectivity index (χ3v) is 7.51. The topological polar surface area (TPSA) is 71.1 Å². The summed E-state index contributed by atoms with van der Waals surface area (Å²) in [7, 11) is 0. The number of hydrogen-bond donors (Lipinski definition) is 2. The van der Waals surface area contributed by atoms with E-state index < -0.39 is 0 Å². The zero-order valence-electron chi connectivity index (χ0n) is 15.1. The molecule has 27 heavy (non-hydrogen) atoms. The van der Waals surface area contributed by atoms with Crippen molar-refractivity contribution in [3.05, 3.63) is 35.3 Å². The van der Waals surface area contributed by atoms with Gasteiger partial charge in [-0.1, -0.05) is 12.1 Å². The Balaban J connectivity index is 1.20. The molecule has 4 aliphatic carbocycles. The summed E-state index contributed by atoms with van der Waals surface area (Å²) in [6.45, 7) is 0. The lowest BCUT2D eigenvalue weighted by Gasteiger charge is -2.55. The van der Waals surface area contributed by atoms with Crippen molar-refractivity contribution in [2.45, 2.75) is 38.5 Å². The average molecular weight is 382 g/mol. The molecule has 1 aromatic carbocycles. The molecular formula is C21H23N3O2S. The average Bonchev–Trinajstić information content (AvgIpc) is 3.06. The first-order valence-electron chi connectivity index (χ1n) is 9.74. The summed E-state index contributed by atoms with van der Waals surface area (Å²) in [5, 5.41) is 0.777. The highest BCUT2D eigenvalue weighted by Crippen LogP contribution is 2.60. The third-order valence-electron chi connectivity index (χ3n) is 6.51. The van der Waals surface area contributed by atoms with E-state index in [2.05, 4.69) is 15.8 Å². The van der Waals surface area contributed by atoms with Crippen molar-refractivity contribution in [1.29, 1.82) is 0 Å². The first-order chi connectivity index (χ1) is 13.1. The van der Waals surface area contributed by atoms with Crippen LogP contribution in [0.5, 0.6) is 0 Å². The van der Waals surface area contributed by atoms with E-state index in [9.17, 15) is 9.59 Å². The molecule has 140 valence electrons. The maximum absolute atomic E-state index is 12.8. The van der Waals surface area contributed by atoms with Gasteiger partial charge in [0.05, 0.1) is 15.6 Å². The van der Waals surface area contributed by atoms with Gasteiger partial charge >= 0.3 is 0 Å².